The number of carboxylic acid groups (broad SMARTS) is 2. The minimum Gasteiger partial charge on any atom is -0.481 e. The van der Waals surface area contributed by atoms with Crippen molar-refractivity contribution in [3.8, 4) is 0 Å². The third-order valence-electron chi connectivity index (χ3n) is 4.56. The Balaban J connectivity index is 2.89. The van der Waals surface area contributed by atoms with Gasteiger partial charge in [0.05, 0.1) is 6.54 Å². The van der Waals surface area contributed by atoms with Gasteiger partial charge in [-0.2, -0.15) is 0 Å². The molecule has 158 valence electrons. The Bertz CT molecular complexity index is 623. The highest BCUT2D eigenvalue weighted by Crippen LogP contribution is 2.18. The molecule has 1 aliphatic rings. The van der Waals surface area contributed by atoms with Crippen molar-refractivity contribution in [1.29, 1.82) is 0 Å². The molecule has 0 aromatic carbocycles. The molecule has 0 saturated carbocycles. The molecule has 0 aromatic heterocycles. The third-order valence-corrected chi connectivity index (χ3v) is 4.56. The molecule has 0 aliphatic carbocycles. The van der Waals surface area contributed by atoms with E-state index in [0.29, 0.717) is 19.4 Å². The average molecular weight is 400 g/mol. The Morgan fingerprint density at radius 1 is 1.14 bits per heavy atom. The van der Waals surface area contributed by atoms with E-state index in [1.165, 1.54) is 4.90 Å². The molecule has 0 radical (unpaired) electrons. The lowest BCUT2D eigenvalue weighted by Crippen LogP contribution is -2.56. The van der Waals surface area contributed by atoms with Crippen molar-refractivity contribution in [3.05, 3.63) is 0 Å². The summed E-state index contributed by atoms with van der Waals surface area (Å²) in [6.45, 7) is 3.34. The molecule has 1 rings (SSSR count). The van der Waals surface area contributed by atoms with Crippen molar-refractivity contribution in [2.75, 3.05) is 13.1 Å². The summed E-state index contributed by atoms with van der Waals surface area (Å²) in [6, 6.07) is -3.21. The van der Waals surface area contributed by atoms with Gasteiger partial charge in [0.1, 0.15) is 18.1 Å². The zero-order chi connectivity index (χ0) is 21.4. The van der Waals surface area contributed by atoms with Gasteiger partial charge in [-0.3, -0.25) is 19.2 Å². The molecule has 28 heavy (non-hydrogen) atoms. The highest BCUT2D eigenvalue weighted by Gasteiger charge is 2.36. The van der Waals surface area contributed by atoms with Crippen LogP contribution in [0.2, 0.25) is 0 Å². The number of rotatable bonds is 10. The van der Waals surface area contributed by atoms with E-state index in [-0.39, 0.29) is 13.0 Å². The zero-order valence-electron chi connectivity index (χ0n) is 16.0. The first kappa shape index (κ1) is 23.3. The van der Waals surface area contributed by atoms with Crippen LogP contribution in [0.15, 0.2) is 0 Å². The van der Waals surface area contributed by atoms with Crippen LogP contribution in [0.25, 0.3) is 0 Å². The number of aliphatic carboxylic acids is 2. The standard InChI is InChI=1S/C17H28N4O7/c1-9(2)14(17(27)28)20-15(25)10(5-6-13(23)24)19-16(26)11-4-3-7-21(11)12(22)8-18/h9-11,14H,3-8,18H2,1-2H3,(H,19,26)(H,20,25)(H,23,24)(H,27,28). The van der Waals surface area contributed by atoms with Crippen LogP contribution in [0.4, 0.5) is 0 Å². The predicted molar refractivity (Wildman–Crippen MR) is 97.0 cm³/mol. The molecule has 1 aliphatic heterocycles. The van der Waals surface area contributed by atoms with Crippen molar-refractivity contribution in [3.63, 3.8) is 0 Å². The van der Waals surface area contributed by atoms with E-state index in [2.05, 4.69) is 10.6 Å². The van der Waals surface area contributed by atoms with Crippen molar-refractivity contribution in [2.45, 2.75) is 57.7 Å². The number of nitrogens with two attached hydrogens (primary N) is 1. The van der Waals surface area contributed by atoms with Gasteiger partial charge < -0.3 is 31.5 Å². The number of nitrogens with zero attached hydrogens (tertiary/aromatic N) is 1. The van der Waals surface area contributed by atoms with Gasteiger partial charge in [-0.05, 0) is 25.2 Å². The Morgan fingerprint density at radius 2 is 1.79 bits per heavy atom. The van der Waals surface area contributed by atoms with Gasteiger partial charge in [0, 0.05) is 13.0 Å². The van der Waals surface area contributed by atoms with E-state index in [1.54, 1.807) is 13.8 Å². The van der Waals surface area contributed by atoms with Crippen molar-refractivity contribution < 1.29 is 34.2 Å². The summed E-state index contributed by atoms with van der Waals surface area (Å²) in [5.41, 5.74) is 5.35. The first-order chi connectivity index (χ1) is 13.1. The summed E-state index contributed by atoms with van der Waals surface area (Å²) >= 11 is 0. The fraction of sp³-hybridized carbons (Fsp3) is 0.706. The van der Waals surface area contributed by atoms with Gasteiger partial charge in [-0.1, -0.05) is 13.8 Å². The summed E-state index contributed by atoms with van der Waals surface area (Å²) in [7, 11) is 0. The predicted octanol–water partition coefficient (Wildman–Crippen LogP) is -1.49. The monoisotopic (exact) mass is 400 g/mol. The molecule has 0 bridgehead atoms. The van der Waals surface area contributed by atoms with E-state index in [1.807, 2.05) is 0 Å². The topological polar surface area (TPSA) is 179 Å². The Morgan fingerprint density at radius 3 is 2.29 bits per heavy atom. The molecule has 3 amide bonds. The number of carbonyl (C=O) groups is 5. The second-order valence-corrected chi connectivity index (χ2v) is 7.01. The Kier molecular flexibility index (Phi) is 8.83. The fourth-order valence-electron chi connectivity index (χ4n) is 3.03. The molecule has 6 N–H and O–H groups in total. The lowest BCUT2D eigenvalue weighted by molar-refractivity contribution is -0.144. The summed E-state index contributed by atoms with van der Waals surface area (Å²) in [6.07, 6.45) is 0.391. The molecule has 3 unspecified atom stereocenters. The van der Waals surface area contributed by atoms with Gasteiger partial charge in [0.2, 0.25) is 17.7 Å². The van der Waals surface area contributed by atoms with Crippen LogP contribution in [0, 0.1) is 5.92 Å². The van der Waals surface area contributed by atoms with E-state index in [9.17, 15) is 29.1 Å². The summed E-state index contributed by atoms with van der Waals surface area (Å²) in [4.78, 5) is 60.5. The fourth-order valence-corrected chi connectivity index (χ4v) is 3.03. The number of carboxylic acids is 2. The van der Waals surface area contributed by atoms with Gasteiger partial charge in [-0.15, -0.1) is 0 Å². The minimum atomic E-state index is -1.24. The lowest BCUT2D eigenvalue weighted by atomic mass is 10.0. The number of amides is 3. The van der Waals surface area contributed by atoms with Crippen LogP contribution in [0.5, 0.6) is 0 Å². The van der Waals surface area contributed by atoms with Crippen LogP contribution in [0.3, 0.4) is 0 Å². The molecule has 1 saturated heterocycles. The third kappa shape index (κ3) is 6.48. The number of hydrogen-bond donors (Lipinski definition) is 5. The smallest absolute Gasteiger partial charge is 0.326 e. The van der Waals surface area contributed by atoms with Crippen LogP contribution in [0.1, 0.15) is 39.5 Å². The normalized spacial score (nSPS) is 18.4. The molecule has 1 heterocycles. The molecule has 1 fully saturated rings. The SMILES string of the molecule is CC(C)C(NC(=O)C(CCC(=O)O)NC(=O)C1CCCN1C(=O)CN)C(=O)O. The van der Waals surface area contributed by atoms with Gasteiger partial charge in [0.25, 0.3) is 0 Å². The van der Waals surface area contributed by atoms with Crippen molar-refractivity contribution >= 4 is 29.7 Å². The van der Waals surface area contributed by atoms with Gasteiger partial charge in [-0.25, -0.2) is 4.79 Å². The number of hydrogen-bond acceptors (Lipinski definition) is 6. The highest BCUT2D eigenvalue weighted by atomic mass is 16.4. The molecule has 11 nitrogen and oxygen atoms in total. The second kappa shape index (κ2) is 10.6. The number of nitrogens with one attached hydrogen (secondary N) is 2. The molecule has 0 spiro atoms. The molecular formula is C17H28N4O7. The minimum absolute atomic E-state index is 0.213. The highest BCUT2D eigenvalue weighted by molar-refractivity contribution is 5.94. The molecular weight excluding hydrogens is 372 g/mol. The van der Waals surface area contributed by atoms with E-state index in [0.717, 1.165) is 0 Å². The maximum Gasteiger partial charge on any atom is 0.326 e. The summed E-state index contributed by atoms with van der Waals surface area (Å²) < 4.78 is 0. The zero-order valence-corrected chi connectivity index (χ0v) is 16.0. The Hall–Kier alpha value is -2.69. The van der Waals surface area contributed by atoms with Crippen LogP contribution in [-0.4, -0.2) is 76.0 Å². The number of carbonyl (C=O) groups excluding carboxylic acids is 3. The quantitative estimate of drug-likeness (QED) is 0.294. The number of likely N-dealkylation sites (tertiary alicyclic amines) is 1. The second-order valence-electron chi connectivity index (χ2n) is 7.01. The Labute approximate surface area is 162 Å². The lowest BCUT2D eigenvalue weighted by Gasteiger charge is -2.27. The van der Waals surface area contributed by atoms with E-state index in [4.69, 9.17) is 10.8 Å². The average Bonchev–Trinajstić information content (AvgIpc) is 3.11. The molecule has 0 aromatic rings. The first-order valence-corrected chi connectivity index (χ1v) is 9.13. The summed E-state index contributed by atoms with van der Waals surface area (Å²) in [5, 5.41) is 22.9. The van der Waals surface area contributed by atoms with Gasteiger partial charge in [0.15, 0.2) is 0 Å². The van der Waals surface area contributed by atoms with Crippen LogP contribution < -0.4 is 16.4 Å². The van der Waals surface area contributed by atoms with E-state index >= 15 is 0 Å². The van der Waals surface area contributed by atoms with E-state index < -0.39 is 60.1 Å². The largest absolute Gasteiger partial charge is 0.481 e. The molecule has 11 heteroatoms. The molecule has 3 atom stereocenters. The van der Waals surface area contributed by atoms with Crippen molar-refractivity contribution in [1.82, 2.24) is 15.5 Å². The first-order valence-electron chi connectivity index (χ1n) is 9.13. The van der Waals surface area contributed by atoms with Crippen LogP contribution >= 0.6 is 0 Å². The van der Waals surface area contributed by atoms with Crippen molar-refractivity contribution in [2.24, 2.45) is 11.7 Å². The van der Waals surface area contributed by atoms with Crippen LogP contribution in [-0.2, 0) is 24.0 Å². The van der Waals surface area contributed by atoms with Gasteiger partial charge >= 0.3 is 11.9 Å². The summed E-state index contributed by atoms with van der Waals surface area (Å²) in [5.74, 6) is -4.58. The maximum atomic E-state index is 12.6. The maximum absolute atomic E-state index is 12.6.